The van der Waals surface area contributed by atoms with Gasteiger partial charge >= 0.3 is 0 Å². The number of fused-ring (bicyclic) bond motifs is 5. The van der Waals surface area contributed by atoms with Crippen molar-refractivity contribution in [2.24, 2.45) is 5.92 Å². The van der Waals surface area contributed by atoms with Crippen LogP contribution in [0.3, 0.4) is 0 Å². The molecule has 3 aromatic carbocycles. The minimum absolute atomic E-state index is 0.626. The topological polar surface area (TPSA) is 25.8 Å². The number of hydrogen-bond donors (Lipinski definition) is 0. The second kappa shape index (κ2) is 9.68. The van der Waals surface area contributed by atoms with Crippen molar-refractivity contribution in [3.8, 4) is 0 Å². The van der Waals surface area contributed by atoms with Gasteiger partial charge in [-0.3, -0.25) is 9.97 Å². The molecule has 2 heterocycles. The van der Waals surface area contributed by atoms with E-state index in [9.17, 15) is 0 Å². The summed E-state index contributed by atoms with van der Waals surface area (Å²) in [6, 6.07) is 30.3. The van der Waals surface area contributed by atoms with Crippen molar-refractivity contribution in [1.29, 1.82) is 0 Å². The van der Waals surface area contributed by atoms with Gasteiger partial charge in [-0.1, -0.05) is 84.5 Å². The highest BCUT2D eigenvalue weighted by Crippen LogP contribution is 2.43. The summed E-state index contributed by atoms with van der Waals surface area (Å²) >= 11 is 0. The Balaban J connectivity index is 0.000000191. The van der Waals surface area contributed by atoms with E-state index < -0.39 is 0 Å². The Kier molecular flexibility index (Phi) is 5.94. The zero-order valence-corrected chi connectivity index (χ0v) is 19.8. The molecule has 35 heavy (non-hydrogen) atoms. The molecule has 2 aromatic heterocycles. The summed E-state index contributed by atoms with van der Waals surface area (Å²) in [5, 5.41) is 3.89. The molecule has 1 unspecified atom stereocenters. The molecule has 2 heteroatoms. The summed E-state index contributed by atoms with van der Waals surface area (Å²) in [6.07, 6.45) is 14.8. The third-order valence-corrected chi connectivity index (χ3v) is 7.21. The number of rotatable bonds is 2. The Bertz CT molecular complexity index is 1480. The van der Waals surface area contributed by atoms with Crippen molar-refractivity contribution < 1.29 is 0 Å². The Labute approximate surface area is 206 Å². The fourth-order valence-electron chi connectivity index (χ4n) is 5.56. The van der Waals surface area contributed by atoms with Crippen molar-refractivity contribution in [2.75, 3.05) is 0 Å². The number of pyridine rings is 2. The zero-order chi connectivity index (χ0) is 23.5. The first kappa shape index (κ1) is 21.5. The molecule has 0 spiro atoms. The first-order valence-electron chi connectivity index (χ1n) is 12.5. The Morgan fingerprint density at radius 2 is 1.63 bits per heavy atom. The van der Waals surface area contributed by atoms with E-state index in [2.05, 4.69) is 88.9 Å². The lowest BCUT2D eigenvalue weighted by atomic mass is 9.72. The van der Waals surface area contributed by atoms with Gasteiger partial charge in [0, 0.05) is 24.0 Å². The number of hydrogen-bond acceptors (Lipinski definition) is 2. The standard InChI is InChI=1S/C25H22.C8H6N2/c1-2-8-18(9-3-1)16-20-17-25-21-11-5-4-10-19(21)14-15-24(25)23-13-7-6-12-22(20)23;1-2-7-6-9-5-3-8(7)10-4-1/h1-5,7-11,13-15,20H,6,12,16-17H2;1-6H. The monoisotopic (exact) mass is 452 g/mol. The molecule has 1 atom stereocenters. The van der Waals surface area contributed by atoms with Crippen LogP contribution in [0.15, 0.2) is 121 Å². The van der Waals surface area contributed by atoms with E-state index in [0.717, 1.165) is 23.7 Å². The largest absolute Gasteiger partial charge is 0.264 e. The van der Waals surface area contributed by atoms with E-state index in [1.807, 2.05) is 24.4 Å². The van der Waals surface area contributed by atoms with E-state index in [1.165, 1.54) is 40.3 Å². The molecule has 0 saturated heterocycles. The Hall–Kier alpha value is -4.04. The van der Waals surface area contributed by atoms with Crippen molar-refractivity contribution in [3.05, 3.63) is 138 Å². The molecule has 0 bridgehead atoms. The van der Waals surface area contributed by atoms with Crippen LogP contribution in [0.4, 0.5) is 0 Å². The third kappa shape index (κ3) is 4.40. The smallest absolute Gasteiger partial charge is 0.0732 e. The van der Waals surface area contributed by atoms with Gasteiger partial charge in [0.15, 0.2) is 0 Å². The summed E-state index contributed by atoms with van der Waals surface area (Å²) in [5.74, 6) is 0.626. The van der Waals surface area contributed by atoms with Gasteiger partial charge in [0.25, 0.3) is 0 Å². The second-order valence-electron chi connectivity index (χ2n) is 9.36. The van der Waals surface area contributed by atoms with E-state index in [-0.39, 0.29) is 0 Å². The lowest BCUT2D eigenvalue weighted by Crippen LogP contribution is -2.20. The van der Waals surface area contributed by atoms with Gasteiger partial charge in [0.05, 0.1) is 5.52 Å². The molecule has 0 saturated carbocycles. The molecule has 170 valence electrons. The summed E-state index contributed by atoms with van der Waals surface area (Å²) in [4.78, 5) is 8.11. The van der Waals surface area contributed by atoms with Gasteiger partial charge in [-0.2, -0.15) is 0 Å². The van der Waals surface area contributed by atoms with Gasteiger partial charge in [0.1, 0.15) is 0 Å². The second-order valence-corrected chi connectivity index (χ2v) is 9.36. The molecule has 2 aliphatic carbocycles. The third-order valence-electron chi connectivity index (χ3n) is 7.21. The Morgan fingerprint density at radius 3 is 2.54 bits per heavy atom. The van der Waals surface area contributed by atoms with Crippen molar-refractivity contribution in [1.82, 2.24) is 9.97 Å². The number of benzene rings is 3. The molecule has 0 aliphatic heterocycles. The molecule has 5 aromatic rings. The number of aromatic nitrogens is 2. The van der Waals surface area contributed by atoms with Crippen LogP contribution in [0.2, 0.25) is 0 Å². The molecule has 0 radical (unpaired) electrons. The van der Waals surface area contributed by atoms with Crippen LogP contribution in [0.1, 0.15) is 29.5 Å². The van der Waals surface area contributed by atoms with Crippen molar-refractivity contribution in [3.63, 3.8) is 0 Å². The van der Waals surface area contributed by atoms with Crippen LogP contribution in [-0.2, 0) is 12.8 Å². The number of nitrogens with zero attached hydrogens (tertiary/aromatic N) is 2. The average Bonchev–Trinajstić information content (AvgIpc) is 2.94. The minimum atomic E-state index is 0.626. The normalized spacial score (nSPS) is 16.4. The predicted molar refractivity (Wildman–Crippen MR) is 146 cm³/mol. The molecule has 0 fully saturated rings. The first-order valence-corrected chi connectivity index (χ1v) is 12.5. The molecule has 2 aliphatic rings. The maximum Gasteiger partial charge on any atom is 0.0732 e. The van der Waals surface area contributed by atoms with Crippen molar-refractivity contribution in [2.45, 2.75) is 25.7 Å². The molecule has 7 rings (SSSR count). The van der Waals surface area contributed by atoms with E-state index >= 15 is 0 Å². The first-order chi connectivity index (χ1) is 17.4. The molecular weight excluding hydrogens is 424 g/mol. The van der Waals surface area contributed by atoms with Crippen LogP contribution < -0.4 is 0 Å². The summed E-state index contributed by atoms with van der Waals surface area (Å²) in [5.41, 5.74) is 8.64. The maximum atomic E-state index is 4.14. The van der Waals surface area contributed by atoms with Crippen LogP contribution in [-0.4, -0.2) is 9.97 Å². The van der Waals surface area contributed by atoms with E-state index in [0.29, 0.717) is 5.92 Å². The van der Waals surface area contributed by atoms with Crippen LogP contribution in [0, 0.1) is 5.92 Å². The van der Waals surface area contributed by atoms with Gasteiger partial charge in [0.2, 0.25) is 0 Å². The highest BCUT2D eigenvalue weighted by molar-refractivity contribution is 5.94. The summed E-state index contributed by atoms with van der Waals surface area (Å²) < 4.78 is 0. The minimum Gasteiger partial charge on any atom is -0.264 e. The SMILES string of the molecule is C1=CC2=C(CC1)C(Cc1ccccc1)Cc1c2ccc2ccccc12.c1cnc2ccncc2c1. The van der Waals surface area contributed by atoms with Gasteiger partial charge in [-0.15, -0.1) is 0 Å². The average molecular weight is 453 g/mol. The molecule has 2 nitrogen and oxygen atoms in total. The zero-order valence-electron chi connectivity index (χ0n) is 19.8. The fraction of sp³-hybridized carbons (Fsp3) is 0.152. The quantitative estimate of drug-likeness (QED) is 0.271. The van der Waals surface area contributed by atoms with E-state index in [4.69, 9.17) is 0 Å². The fourth-order valence-corrected chi connectivity index (χ4v) is 5.56. The summed E-state index contributed by atoms with van der Waals surface area (Å²) in [7, 11) is 0. The molecule has 0 N–H and O–H groups in total. The lowest BCUT2D eigenvalue weighted by molar-refractivity contribution is 0.575. The van der Waals surface area contributed by atoms with Gasteiger partial charge in [-0.05, 0) is 82.8 Å². The van der Waals surface area contributed by atoms with Crippen LogP contribution in [0.25, 0.3) is 27.2 Å². The Morgan fingerprint density at radius 1 is 0.771 bits per heavy atom. The van der Waals surface area contributed by atoms with Crippen LogP contribution in [0.5, 0.6) is 0 Å². The predicted octanol–water partition coefficient (Wildman–Crippen LogP) is 7.99. The maximum absolute atomic E-state index is 4.14. The van der Waals surface area contributed by atoms with Gasteiger partial charge in [-0.25, -0.2) is 0 Å². The highest BCUT2D eigenvalue weighted by Gasteiger charge is 2.28. The van der Waals surface area contributed by atoms with Crippen LogP contribution >= 0.6 is 0 Å². The van der Waals surface area contributed by atoms with E-state index in [1.54, 1.807) is 23.5 Å². The molecule has 0 amide bonds. The molecular formula is C33H28N2. The highest BCUT2D eigenvalue weighted by atomic mass is 14.7. The number of allylic oxidation sites excluding steroid dienone is 4. The van der Waals surface area contributed by atoms with Gasteiger partial charge < -0.3 is 0 Å². The lowest BCUT2D eigenvalue weighted by Gasteiger charge is -2.32. The summed E-state index contributed by atoms with van der Waals surface area (Å²) in [6.45, 7) is 0. The van der Waals surface area contributed by atoms with Crippen molar-refractivity contribution >= 4 is 27.2 Å².